The van der Waals surface area contributed by atoms with E-state index in [0.29, 0.717) is 10.7 Å². The molecule has 1 aromatic heterocycles. The van der Waals surface area contributed by atoms with Crippen molar-refractivity contribution >= 4 is 17.7 Å². The van der Waals surface area contributed by atoms with Crippen molar-refractivity contribution in [2.75, 3.05) is 4.90 Å². The first kappa shape index (κ1) is 16.2. The van der Waals surface area contributed by atoms with Crippen LogP contribution in [0.3, 0.4) is 0 Å². The molecule has 0 bridgehead atoms. The van der Waals surface area contributed by atoms with Crippen LogP contribution in [0.2, 0.25) is 0 Å². The van der Waals surface area contributed by atoms with E-state index >= 15 is 0 Å². The summed E-state index contributed by atoms with van der Waals surface area (Å²) in [6.07, 6.45) is -8.66. The molecule has 0 saturated carbocycles. The lowest BCUT2D eigenvalue weighted by Gasteiger charge is -2.37. The summed E-state index contributed by atoms with van der Waals surface area (Å²) >= 11 is 0. The molecule has 6 nitrogen and oxygen atoms in total. The molecule has 0 spiro atoms. The number of hydrogen-bond acceptors (Lipinski definition) is 3. The van der Waals surface area contributed by atoms with E-state index in [1.165, 1.54) is 6.92 Å². The van der Waals surface area contributed by atoms with Crippen LogP contribution in [-0.4, -0.2) is 45.4 Å². The second-order valence-electron chi connectivity index (χ2n) is 4.80. The summed E-state index contributed by atoms with van der Waals surface area (Å²) in [6.45, 7) is 1.18. The van der Waals surface area contributed by atoms with Gasteiger partial charge in [0.15, 0.2) is 5.69 Å². The Morgan fingerprint density at radius 1 is 1.41 bits per heavy atom. The third-order valence-electron chi connectivity index (χ3n) is 3.27. The number of alkyl halides is 5. The molecular formula is C11H10F5N3O3. The second-order valence-corrected chi connectivity index (χ2v) is 4.80. The predicted molar refractivity (Wildman–Crippen MR) is 61.8 cm³/mol. The van der Waals surface area contributed by atoms with Crippen LogP contribution in [0.4, 0.5) is 27.8 Å². The van der Waals surface area contributed by atoms with Gasteiger partial charge in [-0.05, 0) is 13.3 Å². The normalized spacial score (nSPS) is 21.9. The van der Waals surface area contributed by atoms with Gasteiger partial charge in [-0.2, -0.15) is 18.3 Å². The van der Waals surface area contributed by atoms with E-state index in [4.69, 9.17) is 5.11 Å². The Kier molecular flexibility index (Phi) is 3.83. The molecule has 2 heterocycles. The fourth-order valence-electron chi connectivity index (χ4n) is 2.34. The summed E-state index contributed by atoms with van der Waals surface area (Å²) < 4.78 is 64.4. The van der Waals surface area contributed by atoms with E-state index in [0.717, 1.165) is 0 Å². The van der Waals surface area contributed by atoms with Gasteiger partial charge in [-0.25, -0.2) is 18.3 Å². The van der Waals surface area contributed by atoms with Crippen molar-refractivity contribution in [2.24, 2.45) is 0 Å². The molecule has 1 aromatic rings. The van der Waals surface area contributed by atoms with E-state index in [2.05, 4.69) is 5.10 Å². The number of carboxylic acid groups (broad SMARTS) is 1. The fraction of sp³-hybridized carbons (Fsp3) is 0.545. The van der Waals surface area contributed by atoms with E-state index in [1.54, 1.807) is 0 Å². The van der Waals surface area contributed by atoms with Crippen LogP contribution >= 0.6 is 0 Å². The van der Waals surface area contributed by atoms with Gasteiger partial charge in [0.05, 0.1) is 0 Å². The molecule has 1 aliphatic rings. The first-order chi connectivity index (χ1) is 10.0. The second kappa shape index (κ2) is 5.21. The molecule has 22 heavy (non-hydrogen) atoms. The zero-order valence-electron chi connectivity index (χ0n) is 11.0. The lowest BCUT2D eigenvalue weighted by Crippen LogP contribution is -2.51. The maximum Gasteiger partial charge on any atom is 0.471 e. The van der Waals surface area contributed by atoms with Crippen molar-refractivity contribution in [1.82, 2.24) is 9.78 Å². The smallest absolute Gasteiger partial charge is 0.471 e. The number of aromatic nitrogens is 2. The van der Waals surface area contributed by atoms with Crippen molar-refractivity contribution in [1.29, 1.82) is 0 Å². The number of amides is 1. The molecule has 2 atom stereocenters. The largest absolute Gasteiger partial charge is 0.476 e. The van der Waals surface area contributed by atoms with E-state index < -0.39 is 54.5 Å². The number of anilines is 1. The van der Waals surface area contributed by atoms with Crippen LogP contribution in [0, 0.1) is 0 Å². The molecule has 2 unspecified atom stereocenters. The highest BCUT2D eigenvalue weighted by Gasteiger charge is 2.49. The molecule has 0 fully saturated rings. The number of halogens is 5. The molecule has 0 aromatic carbocycles. The first-order valence-corrected chi connectivity index (χ1v) is 6.05. The van der Waals surface area contributed by atoms with Crippen LogP contribution in [0.5, 0.6) is 0 Å². The standard InChI is InChI=1S/C11H10F5N3O3/c1-4-2-6(8(12)13)19-7(3-5(17-19)9(20)21)18(4)10(22)11(14,15)16/h3-4,6,8H,2H2,1H3,(H,20,21). The quantitative estimate of drug-likeness (QED) is 0.844. The minimum atomic E-state index is -5.22. The summed E-state index contributed by atoms with van der Waals surface area (Å²) in [5.41, 5.74) is -0.713. The molecule has 2 rings (SSSR count). The number of rotatable bonds is 2. The Morgan fingerprint density at radius 3 is 2.45 bits per heavy atom. The van der Waals surface area contributed by atoms with Crippen molar-refractivity contribution in [3.63, 3.8) is 0 Å². The Labute approximate surface area is 120 Å². The van der Waals surface area contributed by atoms with Crippen molar-refractivity contribution in [3.05, 3.63) is 11.8 Å². The van der Waals surface area contributed by atoms with Gasteiger partial charge in [0, 0.05) is 12.1 Å². The van der Waals surface area contributed by atoms with Gasteiger partial charge < -0.3 is 5.11 Å². The fourth-order valence-corrected chi connectivity index (χ4v) is 2.34. The number of carbonyl (C=O) groups excluding carboxylic acids is 1. The topological polar surface area (TPSA) is 75.4 Å². The molecule has 0 aliphatic carbocycles. The zero-order valence-corrected chi connectivity index (χ0v) is 11.0. The van der Waals surface area contributed by atoms with Crippen LogP contribution in [0.25, 0.3) is 0 Å². The average molecular weight is 327 g/mol. The van der Waals surface area contributed by atoms with Crippen molar-refractivity contribution in [3.8, 4) is 0 Å². The Hall–Kier alpha value is -2.20. The summed E-state index contributed by atoms with van der Waals surface area (Å²) in [6, 6.07) is -2.11. The van der Waals surface area contributed by atoms with Gasteiger partial charge >= 0.3 is 18.1 Å². The lowest BCUT2D eigenvalue weighted by molar-refractivity contribution is -0.171. The zero-order chi connectivity index (χ0) is 16.8. The molecule has 1 N–H and O–H groups in total. The van der Waals surface area contributed by atoms with Crippen LogP contribution in [0.1, 0.15) is 29.9 Å². The van der Waals surface area contributed by atoms with Crippen molar-refractivity contribution in [2.45, 2.75) is 38.0 Å². The third kappa shape index (κ3) is 2.62. The molecular weight excluding hydrogens is 317 g/mol. The Morgan fingerprint density at radius 2 is 2.00 bits per heavy atom. The van der Waals surface area contributed by atoms with Crippen molar-refractivity contribution < 1.29 is 36.6 Å². The van der Waals surface area contributed by atoms with Crippen LogP contribution < -0.4 is 4.90 Å². The summed E-state index contributed by atoms with van der Waals surface area (Å²) in [7, 11) is 0. The average Bonchev–Trinajstić information content (AvgIpc) is 2.80. The van der Waals surface area contributed by atoms with Gasteiger partial charge in [0.2, 0.25) is 0 Å². The maximum absolute atomic E-state index is 13.0. The van der Waals surface area contributed by atoms with Crippen LogP contribution in [-0.2, 0) is 4.79 Å². The number of carbonyl (C=O) groups is 2. The van der Waals surface area contributed by atoms with Gasteiger partial charge in [-0.1, -0.05) is 0 Å². The third-order valence-corrected chi connectivity index (χ3v) is 3.27. The molecule has 122 valence electrons. The first-order valence-electron chi connectivity index (χ1n) is 6.05. The predicted octanol–water partition coefficient (Wildman–Crippen LogP) is 2.08. The number of aromatic carboxylic acids is 1. The Bertz CT molecular complexity index is 613. The van der Waals surface area contributed by atoms with Gasteiger partial charge in [0.1, 0.15) is 11.9 Å². The molecule has 0 radical (unpaired) electrons. The van der Waals surface area contributed by atoms with Gasteiger partial charge in [-0.3, -0.25) is 9.69 Å². The summed E-state index contributed by atoms with van der Waals surface area (Å²) in [4.78, 5) is 22.6. The monoisotopic (exact) mass is 327 g/mol. The lowest BCUT2D eigenvalue weighted by atomic mass is 10.0. The highest BCUT2D eigenvalue weighted by Crippen LogP contribution is 2.38. The van der Waals surface area contributed by atoms with Crippen LogP contribution in [0.15, 0.2) is 6.07 Å². The maximum atomic E-state index is 13.0. The van der Waals surface area contributed by atoms with E-state index in [-0.39, 0.29) is 4.90 Å². The minimum absolute atomic E-state index is 0.248. The summed E-state index contributed by atoms with van der Waals surface area (Å²) in [5, 5.41) is 12.2. The highest BCUT2D eigenvalue weighted by atomic mass is 19.4. The molecule has 1 aliphatic heterocycles. The van der Waals surface area contributed by atoms with Gasteiger partial charge in [-0.15, -0.1) is 0 Å². The molecule has 0 saturated heterocycles. The number of fused-ring (bicyclic) bond motifs is 1. The highest BCUT2D eigenvalue weighted by molar-refractivity contribution is 5.98. The number of carboxylic acids is 1. The number of hydrogen-bond donors (Lipinski definition) is 1. The Balaban J connectivity index is 2.57. The minimum Gasteiger partial charge on any atom is -0.476 e. The summed E-state index contributed by atoms with van der Waals surface area (Å²) in [5.74, 6) is -4.46. The van der Waals surface area contributed by atoms with E-state index in [9.17, 15) is 31.5 Å². The SMILES string of the molecule is CC1CC(C(F)F)n2nc(C(=O)O)cc2N1C(=O)C(F)(F)F. The number of nitrogens with zero attached hydrogens (tertiary/aromatic N) is 3. The molecule has 11 heteroatoms. The molecule has 1 amide bonds. The van der Waals surface area contributed by atoms with Gasteiger partial charge in [0.25, 0.3) is 6.43 Å². The van der Waals surface area contributed by atoms with E-state index in [1.807, 2.05) is 0 Å².